The van der Waals surface area contributed by atoms with E-state index in [4.69, 9.17) is 4.52 Å². The van der Waals surface area contributed by atoms with Gasteiger partial charge in [0, 0.05) is 15.7 Å². The number of carbonyl (C=O) groups is 1. The molecule has 11 nitrogen and oxygen atoms in total. The monoisotopic (exact) mass is 555 g/mol. The molecule has 35 heavy (non-hydrogen) atoms. The van der Waals surface area contributed by atoms with E-state index in [0.717, 1.165) is 0 Å². The number of hydrogen-bond donors (Lipinski definition) is 3. The second kappa shape index (κ2) is 8.85. The maximum atomic E-state index is 13.1. The fourth-order valence-corrected chi connectivity index (χ4v) is 4.76. The summed E-state index contributed by atoms with van der Waals surface area (Å²) in [5.41, 5.74) is 1.16. The van der Waals surface area contributed by atoms with E-state index < -0.39 is 21.7 Å². The molecule has 0 aliphatic heterocycles. The van der Waals surface area contributed by atoms with Crippen LogP contribution in [0.5, 0.6) is 0 Å². The topological polar surface area (TPSA) is 160 Å². The van der Waals surface area contributed by atoms with E-state index in [2.05, 4.69) is 45.8 Å². The number of halogens is 1. The van der Waals surface area contributed by atoms with Crippen LogP contribution in [0.1, 0.15) is 10.5 Å². The zero-order valence-corrected chi connectivity index (χ0v) is 19.9. The van der Waals surface area contributed by atoms with E-state index in [1.807, 2.05) is 0 Å². The molecule has 1 amide bonds. The molecule has 2 aromatic heterocycles. The summed E-state index contributed by atoms with van der Waals surface area (Å²) in [6, 6.07) is 17.3. The number of H-pyrrole nitrogens is 1. The van der Waals surface area contributed by atoms with Gasteiger partial charge in [-0.25, -0.2) is 13.2 Å². The Morgan fingerprint density at radius 3 is 2.51 bits per heavy atom. The molecule has 0 atom stereocenters. The predicted molar refractivity (Wildman–Crippen MR) is 129 cm³/mol. The number of anilines is 2. The molecule has 3 N–H and O–H groups in total. The lowest BCUT2D eigenvalue weighted by atomic mass is 10.1. The van der Waals surface area contributed by atoms with E-state index in [-0.39, 0.29) is 27.7 Å². The van der Waals surface area contributed by atoms with Crippen molar-refractivity contribution in [1.82, 2.24) is 15.3 Å². The van der Waals surface area contributed by atoms with Crippen molar-refractivity contribution in [2.24, 2.45) is 0 Å². The summed E-state index contributed by atoms with van der Waals surface area (Å²) in [7, 11) is -3.84. The number of fused-ring (bicyclic) bond motifs is 1. The van der Waals surface area contributed by atoms with Gasteiger partial charge in [-0.2, -0.15) is 0 Å². The first kappa shape index (κ1) is 22.6. The Balaban J connectivity index is 1.46. The highest BCUT2D eigenvalue weighted by molar-refractivity contribution is 9.10. The van der Waals surface area contributed by atoms with Gasteiger partial charge in [0.15, 0.2) is 17.1 Å². The average Bonchev–Trinajstić information content (AvgIpc) is 3.46. The van der Waals surface area contributed by atoms with Gasteiger partial charge in [-0.15, -0.1) is 0 Å². The molecule has 3 aromatic carbocycles. The Morgan fingerprint density at radius 2 is 1.77 bits per heavy atom. The number of sulfonamides is 1. The smallest absolute Gasteiger partial charge is 0.355 e. The van der Waals surface area contributed by atoms with E-state index >= 15 is 0 Å². The number of nitrogens with zero attached hydrogens (tertiary/aromatic N) is 2. The van der Waals surface area contributed by atoms with Crippen molar-refractivity contribution in [2.45, 2.75) is 4.90 Å². The number of nitrogens with one attached hydrogen (secondary N) is 3. The fourth-order valence-electron chi connectivity index (χ4n) is 3.33. The molecule has 5 rings (SSSR count). The van der Waals surface area contributed by atoms with Crippen LogP contribution >= 0.6 is 15.9 Å². The highest BCUT2D eigenvalue weighted by Gasteiger charge is 2.21. The normalized spacial score (nSPS) is 11.5. The van der Waals surface area contributed by atoms with Crippen molar-refractivity contribution >= 4 is 54.2 Å². The SMILES string of the molecule is O=C(Nc1ccc(Br)cc1-c1noc(=O)[nH]1)c1noc2ccc(NS(=O)(=O)c3ccccc3)cc12. The van der Waals surface area contributed by atoms with Crippen LogP contribution in [0, 0.1) is 0 Å². The molecule has 0 aliphatic carbocycles. The molecule has 0 unspecified atom stereocenters. The Morgan fingerprint density at radius 1 is 0.971 bits per heavy atom. The molecule has 0 saturated heterocycles. The highest BCUT2D eigenvalue weighted by Crippen LogP contribution is 2.30. The minimum atomic E-state index is -3.84. The lowest BCUT2D eigenvalue weighted by molar-refractivity contribution is 0.102. The Kier molecular flexibility index (Phi) is 5.70. The van der Waals surface area contributed by atoms with Gasteiger partial charge in [0.25, 0.3) is 15.9 Å². The van der Waals surface area contributed by atoms with Crippen molar-refractivity contribution in [3.8, 4) is 11.4 Å². The van der Waals surface area contributed by atoms with Crippen molar-refractivity contribution < 1.29 is 22.3 Å². The van der Waals surface area contributed by atoms with Crippen LogP contribution in [0.2, 0.25) is 0 Å². The van der Waals surface area contributed by atoms with Crippen molar-refractivity contribution in [1.29, 1.82) is 0 Å². The number of benzene rings is 3. The number of aromatic amines is 1. The van der Waals surface area contributed by atoms with Gasteiger partial charge < -0.3 is 9.84 Å². The third-order valence-electron chi connectivity index (χ3n) is 4.92. The summed E-state index contributed by atoms with van der Waals surface area (Å²) in [6.45, 7) is 0. The molecule has 0 fully saturated rings. The Hall–Kier alpha value is -4.23. The summed E-state index contributed by atoms with van der Waals surface area (Å²) in [5, 5.41) is 10.5. The van der Waals surface area contributed by atoms with E-state index in [0.29, 0.717) is 21.1 Å². The molecular formula is C22H14BrN5O6S. The number of carbonyl (C=O) groups excluding carboxylic acids is 1. The number of aromatic nitrogens is 3. The Labute approximate surface area is 205 Å². The molecule has 0 aliphatic rings. The van der Waals surface area contributed by atoms with Gasteiger partial charge in [0.1, 0.15) is 0 Å². The molecular weight excluding hydrogens is 542 g/mol. The number of rotatable bonds is 6. The third-order valence-corrected chi connectivity index (χ3v) is 6.81. The minimum Gasteiger partial charge on any atom is -0.355 e. The maximum absolute atomic E-state index is 13.1. The molecule has 0 bridgehead atoms. The van der Waals surface area contributed by atoms with E-state index in [9.17, 15) is 18.0 Å². The standard InChI is InChI=1S/C22H14BrN5O6S/c23-12-6-8-17(15(10-12)20-25-22(30)34-27-20)24-21(29)19-16-11-13(7-9-18(16)33-26-19)28-35(31,32)14-4-2-1-3-5-14/h1-11,28H,(H,24,29)(H,25,27,30). The van der Waals surface area contributed by atoms with E-state index in [1.165, 1.54) is 30.3 Å². The Bertz CT molecular complexity index is 1730. The van der Waals surface area contributed by atoms with Crippen LogP contribution in [-0.4, -0.2) is 29.6 Å². The highest BCUT2D eigenvalue weighted by atomic mass is 79.9. The van der Waals surface area contributed by atoms with Gasteiger partial charge in [0.05, 0.1) is 16.0 Å². The van der Waals surface area contributed by atoms with Crippen molar-refractivity contribution in [2.75, 3.05) is 10.0 Å². The van der Waals surface area contributed by atoms with Gasteiger partial charge >= 0.3 is 5.76 Å². The van der Waals surface area contributed by atoms with Crippen LogP contribution < -0.4 is 15.8 Å². The fraction of sp³-hybridized carbons (Fsp3) is 0. The third kappa shape index (κ3) is 4.58. The van der Waals surface area contributed by atoms with Crippen LogP contribution in [-0.2, 0) is 10.0 Å². The van der Waals surface area contributed by atoms with Crippen LogP contribution in [0.25, 0.3) is 22.4 Å². The first-order valence-corrected chi connectivity index (χ1v) is 12.2. The first-order chi connectivity index (χ1) is 16.8. The van der Waals surface area contributed by atoms with E-state index in [1.54, 1.807) is 36.4 Å². The summed E-state index contributed by atoms with van der Waals surface area (Å²) in [6.07, 6.45) is 0. The largest absolute Gasteiger partial charge is 0.439 e. The van der Waals surface area contributed by atoms with Crippen LogP contribution in [0.4, 0.5) is 11.4 Å². The zero-order chi connectivity index (χ0) is 24.6. The summed E-state index contributed by atoms with van der Waals surface area (Å²) < 4.78 is 38.3. The second-order valence-electron chi connectivity index (χ2n) is 7.25. The molecule has 2 heterocycles. The molecule has 0 spiro atoms. The van der Waals surface area contributed by atoms with Crippen molar-refractivity contribution in [3.63, 3.8) is 0 Å². The maximum Gasteiger partial charge on any atom is 0.439 e. The molecule has 0 saturated carbocycles. The lowest BCUT2D eigenvalue weighted by Gasteiger charge is -2.09. The number of amides is 1. The lowest BCUT2D eigenvalue weighted by Crippen LogP contribution is -2.14. The zero-order valence-electron chi connectivity index (χ0n) is 17.5. The first-order valence-electron chi connectivity index (χ1n) is 9.95. The van der Waals surface area contributed by atoms with Gasteiger partial charge in [0.2, 0.25) is 0 Å². The molecule has 5 aromatic rings. The van der Waals surface area contributed by atoms with Crippen molar-refractivity contribution in [3.05, 3.63) is 87.4 Å². The van der Waals surface area contributed by atoms with Crippen LogP contribution in [0.3, 0.4) is 0 Å². The van der Waals surface area contributed by atoms with Crippen LogP contribution in [0.15, 0.2) is 89.9 Å². The van der Waals surface area contributed by atoms with Gasteiger partial charge in [-0.1, -0.05) is 44.4 Å². The average molecular weight is 556 g/mol. The summed E-state index contributed by atoms with van der Waals surface area (Å²) in [4.78, 5) is 27.0. The number of hydrogen-bond acceptors (Lipinski definition) is 8. The molecule has 176 valence electrons. The summed E-state index contributed by atoms with van der Waals surface area (Å²) in [5.74, 6) is -1.25. The van der Waals surface area contributed by atoms with Gasteiger partial charge in [-0.05, 0) is 48.5 Å². The molecule has 0 radical (unpaired) electrons. The predicted octanol–water partition coefficient (Wildman–Crippen LogP) is 3.99. The quantitative estimate of drug-likeness (QED) is 0.283. The second-order valence-corrected chi connectivity index (χ2v) is 9.85. The minimum absolute atomic E-state index is 0.0664. The molecule has 13 heteroatoms. The van der Waals surface area contributed by atoms with Gasteiger partial charge in [-0.3, -0.25) is 19.0 Å². The summed E-state index contributed by atoms with van der Waals surface area (Å²) >= 11 is 3.34.